The lowest BCUT2D eigenvalue weighted by atomic mass is 9.80. The van der Waals surface area contributed by atoms with E-state index in [1.807, 2.05) is 6.92 Å². The van der Waals surface area contributed by atoms with Gasteiger partial charge in [0.15, 0.2) is 0 Å². The van der Waals surface area contributed by atoms with E-state index >= 15 is 0 Å². The van der Waals surface area contributed by atoms with E-state index in [1.54, 1.807) is 11.8 Å². The van der Waals surface area contributed by atoms with Gasteiger partial charge < -0.3 is 10.0 Å². The van der Waals surface area contributed by atoms with Crippen LogP contribution in [0, 0.1) is 11.3 Å². The van der Waals surface area contributed by atoms with Crippen LogP contribution >= 0.6 is 0 Å². The molecule has 0 saturated heterocycles. The maximum absolute atomic E-state index is 12.2. The molecule has 1 amide bonds. The van der Waals surface area contributed by atoms with E-state index in [-0.39, 0.29) is 29.7 Å². The summed E-state index contributed by atoms with van der Waals surface area (Å²) in [6, 6.07) is -0.243. The van der Waals surface area contributed by atoms with Crippen molar-refractivity contribution >= 4 is 11.9 Å². The van der Waals surface area contributed by atoms with Crippen molar-refractivity contribution in [2.24, 2.45) is 11.3 Å². The van der Waals surface area contributed by atoms with Gasteiger partial charge in [0, 0.05) is 19.0 Å². The van der Waals surface area contributed by atoms with Gasteiger partial charge in [0.05, 0.1) is 6.42 Å². The Hall–Kier alpha value is -1.06. The minimum absolute atomic E-state index is 0.00345. The highest BCUT2D eigenvalue weighted by molar-refractivity contribution is 5.77. The summed E-state index contributed by atoms with van der Waals surface area (Å²) >= 11 is 0. The first-order chi connectivity index (χ1) is 8.09. The number of hydrogen-bond acceptors (Lipinski definition) is 2. The normalized spacial score (nSPS) is 15.0. The third kappa shape index (κ3) is 5.52. The van der Waals surface area contributed by atoms with Gasteiger partial charge in [0.2, 0.25) is 5.91 Å². The number of carbonyl (C=O) groups is 2. The summed E-state index contributed by atoms with van der Waals surface area (Å²) in [5, 5.41) is 8.78. The second kappa shape index (κ2) is 6.76. The fourth-order valence-electron chi connectivity index (χ4n) is 1.78. The minimum Gasteiger partial charge on any atom is -0.481 e. The molecule has 0 saturated carbocycles. The monoisotopic (exact) mass is 257 g/mol. The topological polar surface area (TPSA) is 57.6 Å². The van der Waals surface area contributed by atoms with Gasteiger partial charge in [-0.3, -0.25) is 9.59 Å². The molecule has 0 rings (SSSR count). The van der Waals surface area contributed by atoms with Crippen LogP contribution in [0.5, 0.6) is 0 Å². The van der Waals surface area contributed by atoms with Crippen molar-refractivity contribution in [3.8, 4) is 0 Å². The zero-order valence-corrected chi connectivity index (χ0v) is 12.5. The second-order valence-corrected chi connectivity index (χ2v) is 6.10. The molecule has 0 fully saturated rings. The summed E-state index contributed by atoms with van der Waals surface area (Å²) in [5.74, 6) is -0.539. The molecular weight excluding hydrogens is 230 g/mol. The molecule has 2 unspecified atom stereocenters. The smallest absolute Gasteiger partial charge is 0.305 e. The maximum atomic E-state index is 12.2. The van der Waals surface area contributed by atoms with E-state index in [0.717, 1.165) is 0 Å². The van der Waals surface area contributed by atoms with E-state index in [2.05, 4.69) is 27.7 Å². The zero-order valence-electron chi connectivity index (χ0n) is 12.5. The predicted molar refractivity (Wildman–Crippen MR) is 72.3 cm³/mol. The van der Waals surface area contributed by atoms with Crippen LogP contribution in [-0.4, -0.2) is 34.5 Å². The highest BCUT2D eigenvalue weighted by Gasteiger charge is 2.27. The van der Waals surface area contributed by atoms with Gasteiger partial charge in [-0.15, -0.1) is 0 Å². The Morgan fingerprint density at radius 3 is 2.00 bits per heavy atom. The van der Waals surface area contributed by atoms with Crippen molar-refractivity contribution in [3.63, 3.8) is 0 Å². The van der Waals surface area contributed by atoms with Crippen molar-refractivity contribution in [2.75, 3.05) is 6.54 Å². The Balaban J connectivity index is 4.58. The summed E-state index contributed by atoms with van der Waals surface area (Å²) < 4.78 is 0. The molecule has 18 heavy (non-hydrogen) atoms. The van der Waals surface area contributed by atoms with Crippen LogP contribution in [0.4, 0.5) is 0 Å². The molecule has 0 aromatic carbocycles. The largest absolute Gasteiger partial charge is 0.481 e. The second-order valence-electron chi connectivity index (χ2n) is 6.10. The van der Waals surface area contributed by atoms with Gasteiger partial charge in [0.25, 0.3) is 0 Å². The van der Waals surface area contributed by atoms with E-state index in [0.29, 0.717) is 13.0 Å². The summed E-state index contributed by atoms with van der Waals surface area (Å²) in [4.78, 5) is 24.5. The first-order valence-corrected chi connectivity index (χ1v) is 6.60. The van der Waals surface area contributed by atoms with Crippen molar-refractivity contribution in [2.45, 2.75) is 60.4 Å². The van der Waals surface area contributed by atoms with E-state index in [9.17, 15) is 9.59 Å². The highest BCUT2D eigenvalue weighted by Crippen LogP contribution is 2.28. The molecule has 2 atom stereocenters. The first kappa shape index (κ1) is 16.9. The van der Waals surface area contributed by atoms with Crippen LogP contribution in [0.1, 0.15) is 54.4 Å². The van der Waals surface area contributed by atoms with Gasteiger partial charge >= 0.3 is 5.97 Å². The average molecular weight is 257 g/mol. The van der Waals surface area contributed by atoms with Crippen LogP contribution in [0.15, 0.2) is 0 Å². The fraction of sp³-hybridized carbons (Fsp3) is 0.857. The lowest BCUT2D eigenvalue weighted by molar-refractivity contribution is -0.141. The van der Waals surface area contributed by atoms with Gasteiger partial charge in [-0.05, 0) is 25.2 Å². The number of nitrogens with zero attached hydrogens (tertiary/aromatic N) is 1. The van der Waals surface area contributed by atoms with Crippen LogP contribution in [0.2, 0.25) is 0 Å². The van der Waals surface area contributed by atoms with Crippen molar-refractivity contribution in [1.82, 2.24) is 4.90 Å². The van der Waals surface area contributed by atoms with E-state index in [4.69, 9.17) is 5.11 Å². The van der Waals surface area contributed by atoms with E-state index < -0.39 is 5.97 Å². The van der Waals surface area contributed by atoms with Gasteiger partial charge in [-0.1, -0.05) is 27.7 Å². The molecule has 0 aliphatic rings. The van der Waals surface area contributed by atoms with Crippen molar-refractivity contribution < 1.29 is 14.7 Å². The number of carboxylic acids is 1. The van der Waals surface area contributed by atoms with Crippen LogP contribution in [-0.2, 0) is 9.59 Å². The predicted octanol–water partition coefficient (Wildman–Crippen LogP) is 2.77. The molecule has 0 radical (unpaired) electrons. The Labute approximate surface area is 110 Å². The summed E-state index contributed by atoms with van der Waals surface area (Å²) in [6.07, 6.45) is 0.477. The molecule has 0 aromatic rings. The van der Waals surface area contributed by atoms with Gasteiger partial charge in [0.1, 0.15) is 0 Å². The number of carboxylic acid groups (broad SMARTS) is 1. The summed E-state index contributed by atoms with van der Waals surface area (Å²) in [6.45, 7) is 12.6. The van der Waals surface area contributed by atoms with Crippen molar-refractivity contribution in [1.29, 1.82) is 0 Å². The van der Waals surface area contributed by atoms with E-state index in [1.165, 1.54) is 0 Å². The minimum atomic E-state index is -0.863. The molecule has 0 aliphatic heterocycles. The summed E-state index contributed by atoms with van der Waals surface area (Å²) in [5.41, 5.74) is 0.0884. The summed E-state index contributed by atoms with van der Waals surface area (Å²) in [7, 11) is 0. The Bertz CT molecular complexity index is 294. The number of amides is 1. The Morgan fingerprint density at radius 2 is 1.67 bits per heavy atom. The SMILES string of the molecule is CCN(C(=O)CC(C)C(C)(C)C)C(C)CC(=O)O. The third-order valence-corrected chi connectivity index (χ3v) is 3.62. The lowest BCUT2D eigenvalue weighted by Crippen LogP contribution is -2.41. The number of aliphatic carboxylic acids is 1. The number of carbonyl (C=O) groups excluding carboxylic acids is 1. The maximum Gasteiger partial charge on any atom is 0.305 e. The molecular formula is C14H27NO3. The first-order valence-electron chi connectivity index (χ1n) is 6.60. The Kier molecular flexibility index (Phi) is 6.36. The van der Waals surface area contributed by atoms with Gasteiger partial charge in [-0.2, -0.15) is 0 Å². The molecule has 4 nitrogen and oxygen atoms in total. The number of rotatable bonds is 6. The lowest BCUT2D eigenvalue weighted by Gasteiger charge is -2.32. The molecule has 4 heteroatoms. The van der Waals surface area contributed by atoms with Crippen LogP contribution in [0.3, 0.4) is 0 Å². The van der Waals surface area contributed by atoms with Crippen LogP contribution < -0.4 is 0 Å². The molecule has 0 aromatic heterocycles. The molecule has 1 N–H and O–H groups in total. The quantitative estimate of drug-likeness (QED) is 0.796. The molecule has 106 valence electrons. The molecule has 0 bridgehead atoms. The third-order valence-electron chi connectivity index (χ3n) is 3.62. The Morgan fingerprint density at radius 1 is 1.17 bits per heavy atom. The van der Waals surface area contributed by atoms with Crippen LogP contribution in [0.25, 0.3) is 0 Å². The molecule has 0 spiro atoms. The zero-order chi connectivity index (χ0) is 14.5. The standard InChI is InChI=1S/C14H27NO3/c1-7-15(11(3)9-13(17)18)12(16)8-10(2)14(4,5)6/h10-11H,7-9H2,1-6H3,(H,17,18). The average Bonchev–Trinajstić information content (AvgIpc) is 2.15. The fourth-order valence-corrected chi connectivity index (χ4v) is 1.78. The molecule has 0 aliphatic carbocycles. The molecule has 0 heterocycles. The van der Waals surface area contributed by atoms with Gasteiger partial charge in [-0.25, -0.2) is 0 Å². The number of hydrogen-bond donors (Lipinski definition) is 1. The van der Waals surface area contributed by atoms with Crippen molar-refractivity contribution in [3.05, 3.63) is 0 Å². The highest BCUT2D eigenvalue weighted by atomic mass is 16.4.